The summed E-state index contributed by atoms with van der Waals surface area (Å²) < 4.78 is 16.3. The van der Waals surface area contributed by atoms with Crippen LogP contribution in [0.5, 0.6) is 11.5 Å². The minimum atomic E-state index is 0.493. The number of nitrogens with zero attached hydrogens (tertiary/aromatic N) is 1. The molecule has 0 radical (unpaired) electrons. The van der Waals surface area contributed by atoms with Crippen molar-refractivity contribution in [3.05, 3.63) is 47.9 Å². The molecule has 0 aliphatic rings. The van der Waals surface area contributed by atoms with E-state index in [4.69, 9.17) is 19.2 Å². The molecule has 0 bridgehead atoms. The molecule has 0 atom stereocenters. The summed E-state index contributed by atoms with van der Waals surface area (Å²) in [7, 11) is 1.62. The van der Waals surface area contributed by atoms with Crippen molar-refractivity contribution in [2.45, 2.75) is 25.9 Å². The highest BCUT2D eigenvalue weighted by molar-refractivity contribution is 5.42. The Morgan fingerprint density at radius 2 is 2.14 bits per heavy atom. The summed E-state index contributed by atoms with van der Waals surface area (Å²) in [5.74, 6) is 2.31. The van der Waals surface area contributed by atoms with Gasteiger partial charge in [0.05, 0.1) is 32.6 Å². The Bertz CT molecular complexity index is 603. The number of hydrogen-bond donors (Lipinski definition) is 1. The van der Waals surface area contributed by atoms with Gasteiger partial charge in [0, 0.05) is 13.0 Å². The fourth-order valence-corrected chi connectivity index (χ4v) is 2.02. The van der Waals surface area contributed by atoms with Gasteiger partial charge < -0.3 is 19.2 Å². The molecule has 0 amide bonds. The number of unbranched alkanes of at least 4 members (excludes halogenated alkanes) is 1. The summed E-state index contributed by atoms with van der Waals surface area (Å²) in [6.07, 6.45) is 2.87. The van der Waals surface area contributed by atoms with Gasteiger partial charge in [0.2, 0.25) is 0 Å². The van der Waals surface area contributed by atoms with E-state index < -0.39 is 0 Å². The van der Waals surface area contributed by atoms with Crippen molar-refractivity contribution in [2.75, 3.05) is 13.7 Å². The zero-order valence-electron chi connectivity index (χ0n) is 12.7. The van der Waals surface area contributed by atoms with Gasteiger partial charge in [0.1, 0.15) is 5.76 Å². The molecule has 0 aliphatic carbocycles. The lowest BCUT2D eigenvalue weighted by atomic mass is 10.2. The average molecular weight is 300 g/mol. The fourth-order valence-electron chi connectivity index (χ4n) is 2.02. The number of nitriles is 1. The molecular formula is C17H20N2O3. The zero-order chi connectivity index (χ0) is 15.6. The van der Waals surface area contributed by atoms with E-state index in [0.29, 0.717) is 44.0 Å². The maximum Gasteiger partial charge on any atom is 0.161 e. The molecule has 5 nitrogen and oxygen atoms in total. The number of furan rings is 1. The zero-order valence-corrected chi connectivity index (χ0v) is 12.7. The smallest absolute Gasteiger partial charge is 0.161 e. The van der Waals surface area contributed by atoms with E-state index >= 15 is 0 Å². The van der Waals surface area contributed by atoms with Crippen LogP contribution in [0.1, 0.15) is 24.2 Å². The second-order valence-corrected chi connectivity index (χ2v) is 4.78. The van der Waals surface area contributed by atoms with Crippen molar-refractivity contribution < 1.29 is 13.9 Å². The van der Waals surface area contributed by atoms with Crippen LogP contribution in [0.15, 0.2) is 41.0 Å². The summed E-state index contributed by atoms with van der Waals surface area (Å²) in [5.41, 5.74) is 1.10. The van der Waals surface area contributed by atoms with E-state index in [0.717, 1.165) is 11.3 Å². The van der Waals surface area contributed by atoms with E-state index in [9.17, 15) is 0 Å². The van der Waals surface area contributed by atoms with Crippen LogP contribution in [0.3, 0.4) is 0 Å². The normalized spacial score (nSPS) is 10.2. The molecule has 0 unspecified atom stereocenters. The van der Waals surface area contributed by atoms with Crippen LogP contribution >= 0.6 is 0 Å². The van der Waals surface area contributed by atoms with Gasteiger partial charge >= 0.3 is 0 Å². The van der Waals surface area contributed by atoms with Crippen LogP contribution in [0.25, 0.3) is 0 Å². The number of nitrogens with one attached hydrogen (secondary N) is 1. The minimum Gasteiger partial charge on any atom is -0.493 e. The van der Waals surface area contributed by atoms with Crippen LogP contribution in [0.4, 0.5) is 0 Å². The first-order chi connectivity index (χ1) is 10.8. The molecule has 0 saturated carbocycles. The monoisotopic (exact) mass is 300 g/mol. The average Bonchev–Trinajstić information content (AvgIpc) is 3.05. The van der Waals surface area contributed by atoms with Gasteiger partial charge in [-0.05, 0) is 36.2 Å². The summed E-state index contributed by atoms with van der Waals surface area (Å²) in [6, 6.07) is 11.8. The van der Waals surface area contributed by atoms with Crippen molar-refractivity contribution >= 4 is 0 Å². The van der Waals surface area contributed by atoms with Crippen LogP contribution in [0, 0.1) is 11.3 Å². The van der Waals surface area contributed by atoms with Crippen LogP contribution < -0.4 is 14.8 Å². The predicted octanol–water partition coefficient (Wildman–Crippen LogP) is 3.26. The van der Waals surface area contributed by atoms with Crippen molar-refractivity contribution in [3.63, 3.8) is 0 Å². The van der Waals surface area contributed by atoms with Gasteiger partial charge in [-0.1, -0.05) is 6.07 Å². The van der Waals surface area contributed by atoms with Gasteiger partial charge in [-0.15, -0.1) is 0 Å². The fraction of sp³-hybridized carbons (Fsp3) is 0.353. The van der Waals surface area contributed by atoms with Gasteiger partial charge in [-0.25, -0.2) is 0 Å². The molecule has 1 aromatic carbocycles. The Labute approximate surface area is 130 Å². The molecule has 0 spiro atoms. The van der Waals surface area contributed by atoms with Gasteiger partial charge in [-0.3, -0.25) is 0 Å². The highest BCUT2D eigenvalue weighted by Crippen LogP contribution is 2.28. The molecular weight excluding hydrogens is 280 g/mol. The quantitative estimate of drug-likeness (QED) is 0.720. The summed E-state index contributed by atoms with van der Waals surface area (Å²) in [5, 5.41) is 11.8. The second-order valence-electron chi connectivity index (χ2n) is 4.78. The molecule has 0 fully saturated rings. The molecule has 1 N–H and O–H groups in total. The Kier molecular flexibility index (Phi) is 6.34. The van der Waals surface area contributed by atoms with Gasteiger partial charge in [0.15, 0.2) is 11.5 Å². The Morgan fingerprint density at radius 1 is 1.23 bits per heavy atom. The molecule has 22 heavy (non-hydrogen) atoms. The van der Waals surface area contributed by atoms with E-state index in [-0.39, 0.29) is 0 Å². The number of rotatable bonds is 9. The number of hydrogen-bond acceptors (Lipinski definition) is 5. The maximum absolute atomic E-state index is 8.54. The Morgan fingerprint density at radius 3 is 2.86 bits per heavy atom. The standard InChI is InChI=1S/C17H20N2O3/c1-20-16-7-6-14(11-17(16)22-9-3-2-8-18)12-19-13-15-5-4-10-21-15/h4-7,10-11,19H,2-3,9,12-13H2,1H3. The summed E-state index contributed by atoms with van der Waals surface area (Å²) in [6.45, 7) is 1.89. The Balaban J connectivity index is 1.89. The van der Waals surface area contributed by atoms with Crippen molar-refractivity contribution in [3.8, 4) is 17.6 Å². The third kappa shape index (κ3) is 4.83. The molecule has 2 rings (SSSR count). The van der Waals surface area contributed by atoms with Crippen molar-refractivity contribution in [1.82, 2.24) is 5.32 Å². The molecule has 1 aromatic heterocycles. The van der Waals surface area contributed by atoms with E-state index in [2.05, 4.69) is 11.4 Å². The third-order valence-electron chi connectivity index (χ3n) is 3.13. The second kappa shape index (κ2) is 8.75. The lowest BCUT2D eigenvalue weighted by molar-refractivity contribution is 0.290. The Hall–Kier alpha value is -2.45. The summed E-state index contributed by atoms with van der Waals surface area (Å²) >= 11 is 0. The largest absolute Gasteiger partial charge is 0.493 e. The molecule has 0 aliphatic heterocycles. The number of benzene rings is 1. The maximum atomic E-state index is 8.54. The van der Waals surface area contributed by atoms with E-state index in [1.54, 1.807) is 13.4 Å². The lowest BCUT2D eigenvalue weighted by Gasteiger charge is -2.12. The van der Waals surface area contributed by atoms with E-state index in [1.807, 2.05) is 30.3 Å². The first-order valence-corrected chi connectivity index (χ1v) is 7.23. The van der Waals surface area contributed by atoms with Crippen LogP contribution in [-0.2, 0) is 13.1 Å². The van der Waals surface area contributed by atoms with Crippen LogP contribution in [0.2, 0.25) is 0 Å². The lowest BCUT2D eigenvalue weighted by Crippen LogP contribution is -2.12. The van der Waals surface area contributed by atoms with Crippen molar-refractivity contribution in [2.24, 2.45) is 0 Å². The number of ether oxygens (including phenoxy) is 2. The minimum absolute atomic E-state index is 0.493. The highest BCUT2D eigenvalue weighted by Gasteiger charge is 2.06. The topological polar surface area (TPSA) is 67.4 Å². The van der Waals surface area contributed by atoms with Crippen LogP contribution in [-0.4, -0.2) is 13.7 Å². The van der Waals surface area contributed by atoms with Crippen molar-refractivity contribution in [1.29, 1.82) is 5.26 Å². The molecule has 5 heteroatoms. The first-order valence-electron chi connectivity index (χ1n) is 7.23. The molecule has 116 valence electrons. The van der Waals surface area contributed by atoms with E-state index in [1.165, 1.54) is 0 Å². The third-order valence-corrected chi connectivity index (χ3v) is 3.13. The van der Waals surface area contributed by atoms with Gasteiger partial charge in [-0.2, -0.15) is 5.26 Å². The van der Waals surface area contributed by atoms with Gasteiger partial charge in [0.25, 0.3) is 0 Å². The number of methoxy groups -OCH3 is 1. The highest BCUT2D eigenvalue weighted by atomic mass is 16.5. The molecule has 1 heterocycles. The first kappa shape index (κ1) is 15.9. The summed E-state index contributed by atoms with van der Waals surface area (Å²) in [4.78, 5) is 0. The molecule has 0 saturated heterocycles. The SMILES string of the molecule is COc1ccc(CNCc2ccco2)cc1OCCCC#N. The molecule has 2 aromatic rings. The predicted molar refractivity (Wildman–Crippen MR) is 82.6 cm³/mol.